The van der Waals surface area contributed by atoms with Gasteiger partial charge in [-0.25, -0.2) is 0 Å². The van der Waals surface area contributed by atoms with Crippen LogP contribution >= 0.6 is 0 Å². The average Bonchev–Trinajstić information content (AvgIpc) is 2.90. The topological polar surface area (TPSA) is 59.0 Å². The molecule has 1 aromatic carbocycles. The van der Waals surface area contributed by atoms with Crippen molar-refractivity contribution < 1.29 is 19.2 Å². The van der Waals surface area contributed by atoms with Crippen molar-refractivity contribution in [3.63, 3.8) is 0 Å². The standard InChI is InChI=1S/C24H36BNO4/c1-7-19-18(16-17-12-14-26(15-13-17)21(8-2)22(27)28)10-9-11-20(19)25-29-23(3,4)24(5,6)30-25/h9-11,16,21H,7-8,12-15H2,1-6H3,(H,27,28). The molecule has 0 spiro atoms. The number of hydrogen-bond acceptors (Lipinski definition) is 4. The molecule has 3 rings (SSSR count). The zero-order valence-corrected chi connectivity index (χ0v) is 19.3. The molecular weight excluding hydrogens is 377 g/mol. The molecule has 1 aromatic rings. The van der Waals surface area contributed by atoms with Crippen LogP contribution in [0.1, 0.15) is 71.9 Å². The summed E-state index contributed by atoms with van der Waals surface area (Å²) >= 11 is 0. The zero-order chi connectivity index (χ0) is 22.1. The quantitative estimate of drug-likeness (QED) is 0.717. The van der Waals surface area contributed by atoms with Gasteiger partial charge in [0.25, 0.3) is 0 Å². The number of carboxylic acids is 1. The molecule has 1 atom stereocenters. The SMILES string of the molecule is CCc1c(C=C2CCN(C(CC)C(=O)O)CC2)cccc1B1OC(C)(C)C(C)(C)O1. The normalized spacial score (nSPS) is 22.2. The molecular formula is C24H36BNO4. The maximum atomic E-state index is 11.5. The van der Waals surface area contributed by atoms with Gasteiger partial charge in [0, 0.05) is 13.1 Å². The number of rotatable bonds is 6. The lowest BCUT2D eigenvalue weighted by molar-refractivity contribution is -0.143. The van der Waals surface area contributed by atoms with E-state index < -0.39 is 5.97 Å². The van der Waals surface area contributed by atoms with Crippen molar-refractivity contribution in [3.8, 4) is 0 Å². The van der Waals surface area contributed by atoms with Crippen LogP contribution in [0.3, 0.4) is 0 Å². The summed E-state index contributed by atoms with van der Waals surface area (Å²) in [5.41, 5.74) is 4.27. The van der Waals surface area contributed by atoms with Crippen LogP contribution < -0.4 is 5.46 Å². The first kappa shape index (κ1) is 23.0. The smallest absolute Gasteiger partial charge is 0.480 e. The first-order valence-corrected chi connectivity index (χ1v) is 11.2. The van der Waals surface area contributed by atoms with Gasteiger partial charge < -0.3 is 14.4 Å². The van der Waals surface area contributed by atoms with Crippen LogP contribution in [0.15, 0.2) is 23.8 Å². The van der Waals surface area contributed by atoms with E-state index in [0.29, 0.717) is 6.42 Å². The van der Waals surface area contributed by atoms with Crippen LogP contribution in [0.4, 0.5) is 0 Å². The van der Waals surface area contributed by atoms with Gasteiger partial charge in [-0.05, 0) is 70.0 Å². The van der Waals surface area contributed by atoms with E-state index >= 15 is 0 Å². The van der Waals surface area contributed by atoms with Crippen molar-refractivity contribution >= 4 is 24.6 Å². The lowest BCUT2D eigenvalue weighted by atomic mass is 9.74. The second-order valence-electron chi connectivity index (χ2n) is 9.46. The predicted octanol–water partition coefficient (Wildman–Crippen LogP) is 3.89. The highest BCUT2D eigenvalue weighted by atomic mass is 16.7. The molecule has 0 aliphatic carbocycles. The number of nitrogens with zero attached hydrogens (tertiary/aromatic N) is 1. The Bertz CT molecular complexity index is 791. The number of carbonyl (C=O) groups is 1. The minimum atomic E-state index is -0.715. The van der Waals surface area contributed by atoms with Crippen LogP contribution in [-0.2, 0) is 20.5 Å². The molecule has 0 aromatic heterocycles. The van der Waals surface area contributed by atoms with Gasteiger partial charge in [-0.3, -0.25) is 9.69 Å². The molecule has 0 amide bonds. The molecule has 0 radical (unpaired) electrons. The summed E-state index contributed by atoms with van der Waals surface area (Å²) in [6, 6.07) is 5.99. The number of hydrogen-bond donors (Lipinski definition) is 1. The Morgan fingerprint density at radius 2 is 1.77 bits per heavy atom. The van der Waals surface area contributed by atoms with E-state index in [9.17, 15) is 9.90 Å². The fourth-order valence-electron chi connectivity index (χ4n) is 4.43. The highest BCUT2D eigenvalue weighted by Gasteiger charge is 2.52. The average molecular weight is 413 g/mol. The van der Waals surface area contributed by atoms with E-state index in [1.165, 1.54) is 16.7 Å². The van der Waals surface area contributed by atoms with Gasteiger partial charge in [-0.1, -0.05) is 43.7 Å². The first-order valence-electron chi connectivity index (χ1n) is 11.2. The summed E-state index contributed by atoms with van der Waals surface area (Å²) in [5, 5.41) is 9.42. The van der Waals surface area contributed by atoms with E-state index in [1.54, 1.807) is 0 Å². The minimum Gasteiger partial charge on any atom is -0.480 e. The lowest BCUT2D eigenvalue weighted by Gasteiger charge is -2.32. The summed E-state index contributed by atoms with van der Waals surface area (Å²) in [4.78, 5) is 13.6. The third-order valence-corrected chi connectivity index (χ3v) is 7.02. The molecule has 2 aliphatic heterocycles. The van der Waals surface area contributed by atoms with Crippen molar-refractivity contribution in [2.75, 3.05) is 13.1 Å². The molecule has 6 heteroatoms. The number of aliphatic carboxylic acids is 1. The van der Waals surface area contributed by atoms with Gasteiger partial charge in [-0.15, -0.1) is 0 Å². The molecule has 2 saturated heterocycles. The number of likely N-dealkylation sites (tertiary alicyclic amines) is 1. The minimum absolute atomic E-state index is 0.356. The van der Waals surface area contributed by atoms with Gasteiger partial charge in [0.2, 0.25) is 0 Å². The van der Waals surface area contributed by atoms with Crippen LogP contribution in [-0.4, -0.2) is 53.4 Å². The highest BCUT2D eigenvalue weighted by Crippen LogP contribution is 2.37. The van der Waals surface area contributed by atoms with Crippen molar-refractivity contribution in [1.82, 2.24) is 4.90 Å². The Morgan fingerprint density at radius 3 is 2.27 bits per heavy atom. The summed E-state index contributed by atoms with van der Waals surface area (Å²) in [7, 11) is -0.356. The van der Waals surface area contributed by atoms with Crippen molar-refractivity contribution in [2.45, 2.75) is 84.5 Å². The van der Waals surface area contributed by atoms with Crippen molar-refractivity contribution in [1.29, 1.82) is 0 Å². The van der Waals surface area contributed by atoms with Gasteiger partial charge in [0.1, 0.15) is 6.04 Å². The molecule has 0 bridgehead atoms. The Kier molecular flexibility index (Phi) is 6.80. The zero-order valence-electron chi connectivity index (χ0n) is 19.3. The maximum absolute atomic E-state index is 11.5. The van der Waals surface area contributed by atoms with Gasteiger partial charge in [0.15, 0.2) is 0 Å². The molecule has 0 saturated carbocycles. The van der Waals surface area contributed by atoms with E-state index in [4.69, 9.17) is 9.31 Å². The first-order chi connectivity index (χ1) is 14.1. The number of carboxylic acid groups (broad SMARTS) is 1. The third kappa shape index (κ3) is 4.51. The summed E-state index contributed by atoms with van der Waals surface area (Å²) in [5.74, 6) is -0.715. The van der Waals surface area contributed by atoms with Crippen LogP contribution in [0.2, 0.25) is 0 Å². The largest absolute Gasteiger partial charge is 0.495 e. The summed E-state index contributed by atoms with van der Waals surface area (Å²) in [6.07, 6.45) is 5.67. The molecule has 2 fully saturated rings. The van der Waals surface area contributed by atoms with Crippen LogP contribution in [0.5, 0.6) is 0 Å². The number of benzene rings is 1. The molecule has 5 nitrogen and oxygen atoms in total. The molecule has 2 heterocycles. The molecule has 1 N–H and O–H groups in total. The van der Waals surface area contributed by atoms with E-state index in [0.717, 1.165) is 37.8 Å². The van der Waals surface area contributed by atoms with Gasteiger partial charge in [-0.2, -0.15) is 0 Å². The fraction of sp³-hybridized carbons (Fsp3) is 0.625. The monoisotopic (exact) mass is 413 g/mol. The van der Waals surface area contributed by atoms with E-state index in [2.05, 4.69) is 63.8 Å². The van der Waals surface area contributed by atoms with E-state index in [-0.39, 0.29) is 24.4 Å². The third-order valence-electron chi connectivity index (χ3n) is 7.02. The number of piperidine rings is 1. The maximum Gasteiger partial charge on any atom is 0.495 e. The second-order valence-corrected chi connectivity index (χ2v) is 9.46. The van der Waals surface area contributed by atoms with E-state index in [1.807, 2.05) is 6.92 Å². The Labute approximate surface area is 181 Å². The summed E-state index contributed by atoms with van der Waals surface area (Å²) < 4.78 is 12.6. The van der Waals surface area contributed by atoms with Crippen molar-refractivity contribution in [3.05, 3.63) is 34.9 Å². The van der Waals surface area contributed by atoms with Gasteiger partial charge in [0.05, 0.1) is 11.2 Å². The highest BCUT2D eigenvalue weighted by molar-refractivity contribution is 6.62. The Hall–Kier alpha value is -1.63. The molecule has 30 heavy (non-hydrogen) atoms. The molecule has 2 aliphatic rings. The molecule has 164 valence electrons. The lowest BCUT2D eigenvalue weighted by Crippen LogP contribution is -2.44. The fourth-order valence-corrected chi connectivity index (χ4v) is 4.43. The van der Waals surface area contributed by atoms with Crippen molar-refractivity contribution in [2.24, 2.45) is 0 Å². The van der Waals surface area contributed by atoms with Crippen LogP contribution in [0.25, 0.3) is 6.08 Å². The van der Waals surface area contributed by atoms with Gasteiger partial charge >= 0.3 is 13.1 Å². The summed E-state index contributed by atoms with van der Waals surface area (Å²) in [6.45, 7) is 14.0. The molecule has 1 unspecified atom stereocenters. The predicted molar refractivity (Wildman–Crippen MR) is 122 cm³/mol. The Morgan fingerprint density at radius 1 is 1.17 bits per heavy atom. The van der Waals surface area contributed by atoms with Crippen LogP contribution in [0, 0.1) is 0 Å². The second kappa shape index (κ2) is 8.85. The Balaban J connectivity index is 1.80.